The van der Waals surface area contributed by atoms with E-state index in [1.165, 1.54) is 4.74 Å². The molecular formula is C7H2F12O2. The molecule has 0 rings (SSSR count). The van der Waals surface area contributed by atoms with E-state index in [0.29, 0.717) is 0 Å². The molecule has 126 valence electrons. The summed E-state index contributed by atoms with van der Waals surface area (Å²) in [6.45, 7) is 1.71. The number of halogens is 12. The number of rotatable bonds is 5. The second-order valence-electron chi connectivity index (χ2n) is 3.18. The summed E-state index contributed by atoms with van der Waals surface area (Å²) in [7, 11) is 0. The highest BCUT2D eigenvalue weighted by molar-refractivity contribution is 4.97. The molecule has 2 nitrogen and oxygen atoms in total. The Bertz CT molecular complexity index is 391. The number of hydrogen-bond acceptors (Lipinski definition) is 2. The smallest absolute Gasteiger partial charge is 0.423 e. The van der Waals surface area contributed by atoms with Gasteiger partial charge in [-0.1, -0.05) is 6.58 Å². The van der Waals surface area contributed by atoms with Gasteiger partial charge >= 0.3 is 30.7 Å². The summed E-state index contributed by atoms with van der Waals surface area (Å²) < 4.78 is 148. The Balaban J connectivity index is 5.42. The van der Waals surface area contributed by atoms with Gasteiger partial charge in [0.15, 0.2) is 5.76 Å². The van der Waals surface area contributed by atoms with Crippen LogP contribution in [0.1, 0.15) is 0 Å². The number of alkyl halides is 12. The van der Waals surface area contributed by atoms with Crippen LogP contribution in [-0.2, 0) is 9.47 Å². The molecule has 0 aromatic heterocycles. The first-order valence-corrected chi connectivity index (χ1v) is 4.19. The van der Waals surface area contributed by atoms with Crippen molar-refractivity contribution in [3.8, 4) is 0 Å². The number of ether oxygens (including phenoxy) is 2. The molecule has 0 spiro atoms. The molecule has 0 aliphatic carbocycles. The van der Waals surface area contributed by atoms with Crippen molar-refractivity contribution in [2.75, 3.05) is 0 Å². The van der Waals surface area contributed by atoms with Gasteiger partial charge in [0.25, 0.3) is 0 Å². The third-order valence-electron chi connectivity index (χ3n) is 1.54. The Morgan fingerprint density at radius 3 is 1.33 bits per heavy atom. The molecule has 0 aliphatic heterocycles. The van der Waals surface area contributed by atoms with Crippen LogP contribution in [-0.4, -0.2) is 30.7 Å². The molecule has 0 saturated carbocycles. The SMILES string of the molecule is C=C(OC(F)(F)C(F)(F)C(F)(F)OC(F)(F)F)C(F)(F)F. The van der Waals surface area contributed by atoms with Crippen molar-refractivity contribution in [2.45, 2.75) is 30.7 Å². The van der Waals surface area contributed by atoms with Crippen LogP contribution in [0.4, 0.5) is 52.7 Å². The molecule has 14 heteroatoms. The average Bonchev–Trinajstić information content (AvgIpc) is 2.10. The van der Waals surface area contributed by atoms with Crippen molar-refractivity contribution < 1.29 is 62.2 Å². The average molecular weight is 346 g/mol. The normalized spacial score (nSPS) is 15.0. The van der Waals surface area contributed by atoms with Crippen LogP contribution in [0.15, 0.2) is 12.3 Å². The quantitative estimate of drug-likeness (QED) is 0.541. The van der Waals surface area contributed by atoms with Crippen LogP contribution in [0, 0.1) is 0 Å². The Morgan fingerprint density at radius 1 is 0.667 bits per heavy atom. The fraction of sp³-hybridized carbons (Fsp3) is 0.714. The van der Waals surface area contributed by atoms with Crippen molar-refractivity contribution in [1.29, 1.82) is 0 Å². The topological polar surface area (TPSA) is 18.5 Å². The maximum atomic E-state index is 12.6. The third-order valence-corrected chi connectivity index (χ3v) is 1.54. The zero-order chi connectivity index (χ0) is 17.5. The summed E-state index contributed by atoms with van der Waals surface area (Å²) >= 11 is 0. The first-order chi connectivity index (χ1) is 8.83. The van der Waals surface area contributed by atoms with Gasteiger partial charge in [0.2, 0.25) is 0 Å². The lowest BCUT2D eigenvalue weighted by molar-refractivity contribution is -0.505. The summed E-state index contributed by atoms with van der Waals surface area (Å²) in [5.41, 5.74) is 0. The first-order valence-electron chi connectivity index (χ1n) is 4.19. The summed E-state index contributed by atoms with van der Waals surface area (Å²) in [4.78, 5) is 0. The molecule has 21 heavy (non-hydrogen) atoms. The van der Waals surface area contributed by atoms with Crippen LogP contribution >= 0.6 is 0 Å². The van der Waals surface area contributed by atoms with E-state index in [2.05, 4.69) is 4.74 Å². The van der Waals surface area contributed by atoms with Crippen molar-refractivity contribution >= 4 is 0 Å². The summed E-state index contributed by atoms with van der Waals surface area (Å²) in [6.07, 6.45) is -25.9. The largest absolute Gasteiger partial charge is 0.527 e. The highest BCUT2D eigenvalue weighted by Crippen LogP contribution is 2.50. The van der Waals surface area contributed by atoms with E-state index in [-0.39, 0.29) is 0 Å². The van der Waals surface area contributed by atoms with Crippen LogP contribution in [0.25, 0.3) is 0 Å². The molecule has 0 N–H and O–H groups in total. The molecule has 0 unspecified atom stereocenters. The molecular weight excluding hydrogens is 344 g/mol. The molecule has 0 amide bonds. The monoisotopic (exact) mass is 346 g/mol. The van der Waals surface area contributed by atoms with Gasteiger partial charge in [-0.25, -0.2) is 4.74 Å². The zero-order valence-electron chi connectivity index (χ0n) is 9.06. The molecule has 0 aliphatic rings. The van der Waals surface area contributed by atoms with E-state index < -0.39 is 36.4 Å². The lowest BCUT2D eigenvalue weighted by atomic mass is 10.3. The van der Waals surface area contributed by atoms with Gasteiger partial charge in [-0.3, -0.25) is 0 Å². The van der Waals surface area contributed by atoms with Crippen molar-refractivity contribution in [1.82, 2.24) is 0 Å². The number of allylic oxidation sites excluding steroid dienone is 1. The molecule has 0 heterocycles. The van der Waals surface area contributed by atoms with Gasteiger partial charge in [-0.05, 0) is 0 Å². The standard InChI is InChI=1S/C7H2F12O2/c1-2(3(8,9)10)20-5(13,14)4(11,12)6(15,16)21-7(17,18)19/h1H2. The second-order valence-corrected chi connectivity index (χ2v) is 3.18. The Labute approximate surface area is 106 Å². The lowest BCUT2D eigenvalue weighted by Gasteiger charge is -2.32. The van der Waals surface area contributed by atoms with Crippen molar-refractivity contribution in [3.05, 3.63) is 12.3 Å². The first kappa shape index (κ1) is 19.7. The minimum Gasteiger partial charge on any atom is -0.423 e. The summed E-state index contributed by atoms with van der Waals surface area (Å²) in [5.74, 6) is -10.1. The predicted octanol–water partition coefficient (Wildman–Crippen LogP) is 4.44. The second kappa shape index (κ2) is 5.14. The Morgan fingerprint density at radius 2 is 1.05 bits per heavy atom. The summed E-state index contributed by atoms with van der Waals surface area (Å²) in [6, 6.07) is 0. The predicted molar refractivity (Wildman–Crippen MR) is 38.3 cm³/mol. The fourth-order valence-electron chi connectivity index (χ4n) is 0.656. The van der Waals surface area contributed by atoms with Gasteiger partial charge < -0.3 is 4.74 Å². The minimum atomic E-state index is -7.09. The van der Waals surface area contributed by atoms with E-state index in [1.54, 1.807) is 6.58 Å². The van der Waals surface area contributed by atoms with Gasteiger partial charge in [-0.15, -0.1) is 13.2 Å². The van der Waals surface area contributed by atoms with E-state index in [1.807, 2.05) is 0 Å². The van der Waals surface area contributed by atoms with Crippen LogP contribution in [0.5, 0.6) is 0 Å². The van der Waals surface area contributed by atoms with E-state index in [0.717, 1.165) is 0 Å². The fourth-order valence-corrected chi connectivity index (χ4v) is 0.656. The van der Waals surface area contributed by atoms with E-state index in [9.17, 15) is 52.7 Å². The van der Waals surface area contributed by atoms with Gasteiger partial charge in [0.1, 0.15) is 0 Å². The van der Waals surface area contributed by atoms with Crippen LogP contribution in [0.3, 0.4) is 0 Å². The van der Waals surface area contributed by atoms with E-state index >= 15 is 0 Å². The van der Waals surface area contributed by atoms with Gasteiger partial charge in [0.05, 0.1) is 0 Å². The Hall–Kier alpha value is -1.34. The van der Waals surface area contributed by atoms with Crippen LogP contribution < -0.4 is 0 Å². The highest BCUT2D eigenvalue weighted by Gasteiger charge is 2.78. The minimum absolute atomic E-state index is 1.49. The lowest BCUT2D eigenvalue weighted by Crippen LogP contribution is -2.58. The maximum absolute atomic E-state index is 12.6. The number of hydrogen-bond donors (Lipinski definition) is 0. The maximum Gasteiger partial charge on any atom is 0.527 e. The molecule has 0 aromatic carbocycles. The zero-order valence-corrected chi connectivity index (χ0v) is 9.06. The molecule has 0 fully saturated rings. The molecule has 0 saturated heterocycles. The summed E-state index contributed by atoms with van der Waals surface area (Å²) in [5, 5.41) is 0. The molecule has 0 bridgehead atoms. The molecule has 0 radical (unpaired) electrons. The third kappa shape index (κ3) is 4.57. The Kier molecular flexibility index (Phi) is 4.81. The van der Waals surface area contributed by atoms with Crippen LogP contribution in [0.2, 0.25) is 0 Å². The van der Waals surface area contributed by atoms with Crippen molar-refractivity contribution in [3.63, 3.8) is 0 Å². The van der Waals surface area contributed by atoms with Gasteiger partial charge in [0, 0.05) is 0 Å². The highest BCUT2D eigenvalue weighted by atomic mass is 19.4. The van der Waals surface area contributed by atoms with Gasteiger partial charge in [-0.2, -0.15) is 39.5 Å². The molecule has 0 aromatic rings. The molecule has 0 atom stereocenters. The van der Waals surface area contributed by atoms with E-state index in [4.69, 9.17) is 0 Å². The van der Waals surface area contributed by atoms with Crippen molar-refractivity contribution in [2.24, 2.45) is 0 Å².